The van der Waals surface area contributed by atoms with Gasteiger partial charge in [-0.05, 0) is 6.92 Å². The molecule has 0 radical (unpaired) electrons. The summed E-state index contributed by atoms with van der Waals surface area (Å²) in [4.78, 5) is 0. The lowest BCUT2D eigenvalue weighted by Gasteiger charge is -2.24. The van der Waals surface area contributed by atoms with Crippen LogP contribution in [0.5, 0.6) is 0 Å². The largest absolute Gasteiger partial charge is 0.871 e. The van der Waals surface area contributed by atoms with Crippen molar-refractivity contribution >= 4 is 7.32 Å². The van der Waals surface area contributed by atoms with Gasteiger partial charge in [-0.3, -0.25) is 0 Å². The summed E-state index contributed by atoms with van der Waals surface area (Å²) in [6.45, 7) is 1.81. The molecule has 0 bridgehead atoms. The van der Waals surface area contributed by atoms with E-state index in [2.05, 4.69) is 4.65 Å². The summed E-state index contributed by atoms with van der Waals surface area (Å²) in [5.74, 6) is 0. The Morgan fingerprint density at radius 2 is 2.17 bits per heavy atom. The summed E-state index contributed by atoms with van der Waals surface area (Å²) in [5, 5.41) is 18.7. The van der Waals surface area contributed by atoms with Crippen molar-refractivity contribution in [2.24, 2.45) is 0 Å². The fourth-order valence-corrected chi connectivity index (χ4v) is 0.136. The van der Waals surface area contributed by atoms with Gasteiger partial charge in [-0.15, -0.1) is 0 Å². The van der Waals surface area contributed by atoms with Crippen molar-refractivity contribution in [3.63, 3.8) is 0 Å². The van der Waals surface area contributed by atoms with Crippen LogP contribution < -0.4 is 10.0 Å². The van der Waals surface area contributed by atoms with Crippen LogP contribution in [0.3, 0.4) is 0 Å². The van der Waals surface area contributed by atoms with E-state index < -0.39 is 7.32 Å². The predicted molar refractivity (Wildman–Crippen MR) is 17.4 cm³/mol. The second-order valence-electron chi connectivity index (χ2n) is 0.744. The molecule has 6 heavy (non-hydrogen) atoms. The van der Waals surface area contributed by atoms with Crippen molar-refractivity contribution in [1.82, 2.24) is 0 Å². The lowest BCUT2D eigenvalue weighted by Crippen LogP contribution is -2.47. The van der Waals surface area contributed by atoms with E-state index >= 15 is 0 Å². The van der Waals surface area contributed by atoms with Crippen molar-refractivity contribution in [1.29, 1.82) is 0 Å². The number of rotatable bonds is 2. The Hall–Kier alpha value is -0.0551. The zero-order chi connectivity index (χ0) is 4.99. The summed E-state index contributed by atoms with van der Waals surface area (Å²) < 4.78 is 3.93. The maximum atomic E-state index is 9.35. The van der Waals surface area contributed by atoms with Crippen LogP contribution in [0.2, 0.25) is 0 Å². The first-order valence-electron chi connectivity index (χ1n) is 1.70. The Balaban J connectivity index is 2.63. The SMILES string of the molecule is CCOB([O-])[O-]. The number of hydrogen-bond acceptors (Lipinski definition) is 3. The molecule has 4 heteroatoms. The molecule has 0 spiro atoms. The molecule has 0 unspecified atom stereocenters. The van der Waals surface area contributed by atoms with Gasteiger partial charge in [0.1, 0.15) is 0 Å². The van der Waals surface area contributed by atoms with E-state index in [0.717, 1.165) is 0 Å². The summed E-state index contributed by atoms with van der Waals surface area (Å²) in [6.07, 6.45) is 0. The van der Waals surface area contributed by atoms with E-state index in [0.29, 0.717) is 0 Å². The highest BCUT2D eigenvalue weighted by atomic mass is 16.6. The number of hydrogen-bond donors (Lipinski definition) is 0. The standard InChI is InChI=1S/C2H5BO3/c1-2-6-3(4)5/h2H2,1H3/q-2. The molecule has 0 saturated carbocycles. The molecular weight excluding hydrogens is 82.8 g/mol. The van der Waals surface area contributed by atoms with Gasteiger partial charge in [-0.25, -0.2) is 0 Å². The molecule has 3 nitrogen and oxygen atoms in total. The molecule has 0 heterocycles. The van der Waals surface area contributed by atoms with Gasteiger partial charge in [0.05, 0.1) is 7.32 Å². The molecule has 0 saturated heterocycles. The van der Waals surface area contributed by atoms with Gasteiger partial charge in [0.15, 0.2) is 0 Å². The van der Waals surface area contributed by atoms with Crippen molar-refractivity contribution in [2.45, 2.75) is 6.92 Å². The first kappa shape index (κ1) is 5.94. The van der Waals surface area contributed by atoms with Crippen LogP contribution >= 0.6 is 0 Å². The van der Waals surface area contributed by atoms with Gasteiger partial charge < -0.3 is 14.7 Å². The van der Waals surface area contributed by atoms with Crippen LogP contribution in [-0.4, -0.2) is 13.9 Å². The first-order chi connectivity index (χ1) is 2.77. The summed E-state index contributed by atoms with van der Waals surface area (Å²) >= 11 is 0. The van der Waals surface area contributed by atoms with Gasteiger partial charge in [-0.1, -0.05) is 0 Å². The highest BCUT2D eigenvalue weighted by Crippen LogP contribution is 1.61. The minimum atomic E-state index is -2.10. The summed E-state index contributed by atoms with van der Waals surface area (Å²) in [7, 11) is -2.10. The normalized spacial score (nSPS) is 8.50. The van der Waals surface area contributed by atoms with Crippen molar-refractivity contribution < 1.29 is 14.7 Å². The molecule has 0 N–H and O–H groups in total. The first-order valence-corrected chi connectivity index (χ1v) is 1.70. The van der Waals surface area contributed by atoms with Crippen LogP contribution in [0.4, 0.5) is 0 Å². The van der Waals surface area contributed by atoms with E-state index in [-0.39, 0.29) is 6.61 Å². The third kappa shape index (κ3) is 3.94. The molecule has 0 aliphatic heterocycles. The van der Waals surface area contributed by atoms with Gasteiger partial charge >= 0.3 is 0 Å². The smallest absolute Gasteiger partial charge is 0.0604 e. The van der Waals surface area contributed by atoms with Gasteiger partial charge in [0.2, 0.25) is 0 Å². The van der Waals surface area contributed by atoms with Crippen LogP contribution in [0, 0.1) is 0 Å². The lowest BCUT2D eigenvalue weighted by atomic mass is 10.3. The summed E-state index contributed by atoms with van der Waals surface area (Å²) in [6, 6.07) is 0. The highest BCUT2D eigenvalue weighted by molar-refractivity contribution is 6.28. The molecule has 0 atom stereocenters. The fourth-order valence-electron chi connectivity index (χ4n) is 0.136. The van der Waals surface area contributed by atoms with E-state index in [4.69, 9.17) is 0 Å². The zero-order valence-electron chi connectivity index (χ0n) is 3.51. The maximum Gasteiger partial charge on any atom is 0.0604 e. The van der Waals surface area contributed by atoms with Crippen LogP contribution in [0.1, 0.15) is 6.92 Å². The second-order valence-corrected chi connectivity index (χ2v) is 0.744. The molecule has 0 amide bonds. The summed E-state index contributed by atoms with van der Waals surface area (Å²) in [5.41, 5.74) is 0. The quantitative estimate of drug-likeness (QED) is 0.357. The van der Waals surface area contributed by atoms with Crippen LogP contribution in [-0.2, 0) is 4.65 Å². The molecule has 36 valence electrons. The van der Waals surface area contributed by atoms with Crippen molar-refractivity contribution in [3.8, 4) is 0 Å². The Morgan fingerprint density at radius 3 is 2.17 bits per heavy atom. The molecule has 0 fully saturated rings. The Kier molecular flexibility index (Phi) is 3.12. The molecular formula is C2H5BO3-2. The Labute approximate surface area is 36.7 Å². The third-order valence-electron chi connectivity index (χ3n) is 0.303. The van der Waals surface area contributed by atoms with Gasteiger partial charge in [-0.2, -0.15) is 0 Å². The predicted octanol–water partition coefficient (Wildman–Crippen LogP) is -2.27. The van der Waals surface area contributed by atoms with E-state index in [9.17, 15) is 10.0 Å². The van der Waals surface area contributed by atoms with Crippen LogP contribution in [0.15, 0.2) is 0 Å². The lowest BCUT2D eigenvalue weighted by molar-refractivity contribution is -0.381. The molecule has 0 aromatic carbocycles. The van der Waals surface area contributed by atoms with E-state index in [1.165, 1.54) is 0 Å². The molecule has 0 aliphatic carbocycles. The average Bonchev–Trinajstić information content (AvgIpc) is 1.35. The zero-order valence-corrected chi connectivity index (χ0v) is 3.51. The maximum absolute atomic E-state index is 9.35. The minimum absolute atomic E-state index is 0.206. The minimum Gasteiger partial charge on any atom is -0.871 e. The molecule has 0 aromatic rings. The van der Waals surface area contributed by atoms with Gasteiger partial charge in [0.25, 0.3) is 0 Å². The average molecular weight is 87.9 g/mol. The van der Waals surface area contributed by atoms with Crippen LogP contribution in [0.25, 0.3) is 0 Å². The van der Waals surface area contributed by atoms with E-state index in [1.807, 2.05) is 0 Å². The highest BCUT2D eigenvalue weighted by Gasteiger charge is 1.67. The van der Waals surface area contributed by atoms with E-state index in [1.54, 1.807) is 6.92 Å². The Bertz CT molecular complexity index is 30.0. The fraction of sp³-hybridized carbons (Fsp3) is 1.00. The molecule has 0 rings (SSSR count). The topological polar surface area (TPSA) is 55.3 Å². The van der Waals surface area contributed by atoms with Gasteiger partial charge in [0, 0.05) is 6.61 Å². The molecule has 0 aliphatic rings. The second kappa shape index (κ2) is 3.15. The third-order valence-corrected chi connectivity index (χ3v) is 0.303. The Morgan fingerprint density at radius 1 is 1.67 bits per heavy atom. The monoisotopic (exact) mass is 88.0 g/mol. The molecule has 0 aromatic heterocycles. The van der Waals surface area contributed by atoms with Crippen molar-refractivity contribution in [3.05, 3.63) is 0 Å². The van der Waals surface area contributed by atoms with Crippen molar-refractivity contribution in [2.75, 3.05) is 6.61 Å².